The number of para-hydroxylation sites is 1. The average Bonchev–Trinajstić information content (AvgIpc) is 2.73. The Kier molecular flexibility index (Phi) is 7.55. The van der Waals surface area contributed by atoms with Gasteiger partial charge in [0.15, 0.2) is 11.5 Å². The highest BCUT2D eigenvalue weighted by Crippen LogP contribution is 2.28. The fourth-order valence-electron chi connectivity index (χ4n) is 3.11. The van der Waals surface area contributed by atoms with Gasteiger partial charge in [0.25, 0.3) is 5.91 Å². The minimum absolute atomic E-state index is 0.0892. The van der Waals surface area contributed by atoms with Crippen molar-refractivity contribution in [3.05, 3.63) is 54.1 Å². The Morgan fingerprint density at radius 2 is 1.89 bits per heavy atom. The number of carbonyl (C=O) groups excluding carboxylic acids is 1. The quantitative estimate of drug-likeness (QED) is 0.651. The molecule has 1 aliphatic rings. The third-order valence-corrected chi connectivity index (χ3v) is 4.49. The lowest BCUT2D eigenvalue weighted by Crippen LogP contribution is -2.45. The average molecular weight is 384 g/mol. The zero-order valence-electron chi connectivity index (χ0n) is 16.3. The van der Waals surface area contributed by atoms with Crippen molar-refractivity contribution >= 4 is 5.91 Å². The summed E-state index contributed by atoms with van der Waals surface area (Å²) >= 11 is 0. The number of hydrogen-bond acceptors (Lipinski definition) is 5. The summed E-state index contributed by atoms with van der Waals surface area (Å²) in [7, 11) is 0. The van der Waals surface area contributed by atoms with Gasteiger partial charge in [-0.3, -0.25) is 4.79 Å². The van der Waals surface area contributed by atoms with Crippen LogP contribution in [0.2, 0.25) is 0 Å². The summed E-state index contributed by atoms with van der Waals surface area (Å²) in [6.07, 6.45) is 2.08. The molecule has 0 aromatic heterocycles. The van der Waals surface area contributed by atoms with Crippen molar-refractivity contribution < 1.29 is 19.0 Å². The molecule has 1 atom stereocenters. The zero-order valence-corrected chi connectivity index (χ0v) is 16.3. The number of amides is 1. The fraction of sp³-hybridized carbons (Fsp3) is 0.409. The SMILES string of the molecule is CCOc1cc(C(=O)NC2CCCNC2)ccc1OCCOc1ccccc1. The number of piperidine rings is 1. The van der Waals surface area contributed by atoms with Crippen molar-refractivity contribution in [2.24, 2.45) is 0 Å². The van der Waals surface area contributed by atoms with E-state index in [2.05, 4.69) is 10.6 Å². The maximum atomic E-state index is 12.5. The van der Waals surface area contributed by atoms with Crippen molar-refractivity contribution in [1.29, 1.82) is 0 Å². The lowest BCUT2D eigenvalue weighted by Gasteiger charge is -2.24. The van der Waals surface area contributed by atoms with Crippen LogP contribution in [0.3, 0.4) is 0 Å². The van der Waals surface area contributed by atoms with E-state index < -0.39 is 0 Å². The molecule has 150 valence electrons. The van der Waals surface area contributed by atoms with Crippen molar-refractivity contribution in [1.82, 2.24) is 10.6 Å². The van der Waals surface area contributed by atoms with Crippen molar-refractivity contribution in [3.63, 3.8) is 0 Å². The van der Waals surface area contributed by atoms with Crippen LogP contribution in [-0.2, 0) is 0 Å². The first-order valence-corrected chi connectivity index (χ1v) is 9.85. The molecule has 0 spiro atoms. The summed E-state index contributed by atoms with van der Waals surface area (Å²) in [5.74, 6) is 1.89. The van der Waals surface area contributed by atoms with Gasteiger partial charge in [0.2, 0.25) is 0 Å². The second-order valence-corrected chi connectivity index (χ2v) is 6.62. The molecule has 0 bridgehead atoms. The van der Waals surface area contributed by atoms with Gasteiger partial charge in [-0.1, -0.05) is 18.2 Å². The van der Waals surface area contributed by atoms with Crippen molar-refractivity contribution in [2.75, 3.05) is 32.9 Å². The maximum absolute atomic E-state index is 12.5. The number of ether oxygens (including phenoxy) is 3. The first-order chi connectivity index (χ1) is 13.8. The molecule has 1 saturated heterocycles. The highest BCUT2D eigenvalue weighted by molar-refractivity contribution is 5.95. The molecule has 0 aliphatic carbocycles. The molecule has 2 aromatic rings. The van der Waals surface area contributed by atoms with Crippen LogP contribution in [0.1, 0.15) is 30.1 Å². The van der Waals surface area contributed by atoms with Crippen LogP contribution in [0.15, 0.2) is 48.5 Å². The third kappa shape index (κ3) is 5.89. The van der Waals surface area contributed by atoms with E-state index in [0.29, 0.717) is 36.9 Å². The molecule has 1 heterocycles. The molecule has 2 N–H and O–H groups in total. The molecule has 6 nitrogen and oxygen atoms in total. The topological polar surface area (TPSA) is 68.8 Å². The van der Waals surface area contributed by atoms with Gasteiger partial charge in [-0.05, 0) is 56.6 Å². The van der Waals surface area contributed by atoms with Gasteiger partial charge in [0.1, 0.15) is 19.0 Å². The van der Waals surface area contributed by atoms with Crippen LogP contribution >= 0.6 is 0 Å². The summed E-state index contributed by atoms with van der Waals surface area (Å²) in [5.41, 5.74) is 0.571. The van der Waals surface area contributed by atoms with E-state index in [9.17, 15) is 4.79 Å². The number of carbonyl (C=O) groups is 1. The Morgan fingerprint density at radius 1 is 1.07 bits per heavy atom. The van der Waals surface area contributed by atoms with E-state index in [-0.39, 0.29) is 11.9 Å². The Balaban J connectivity index is 1.56. The third-order valence-electron chi connectivity index (χ3n) is 4.49. The molecule has 6 heteroatoms. The van der Waals surface area contributed by atoms with E-state index in [1.165, 1.54) is 0 Å². The molecule has 1 aliphatic heterocycles. The van der Waals surface area contributed by atoms with Crippen molar-refractivity contribution in [2.45, 2.75) is 25.8 Å². The molecule has 28 heavy (non-hydrogen) atoms. The normalized spacial score (nSPS) is 16.2. The Morgan fingerprint density at radius 3 is 2.64 bits per heavy atom. The molecular formula is C22H28N2O4. The van der Waals surface area contributed by atoms with Crippen LogP contribution in [-0.4, -0.2) is 44.9 Å². The minimum Gasteiger partial charge on any atom is -0.490 e. The standard InChI is InChI=1S/C22H28N2O4/c1-2-26-21-15-17(22(25)24-18-7-6-12-23-16-18)10-11-20(21)28-14-13-27-19-8-4-3-5-9-19/h3-5,8-11,15,18,23H,2,6-7,12-14,16H2,1H3,(H,24,25). The van der Waals surface area contributed by atoms with Gasteiger partial charge in [-0.25, -0.2) is 0 Å². The number of nitrogens with one attached hydrogen (secondary N) is 2. The van der Waals surface area contributed by atoms with Crippen molar-refractivity contribution in [3.8, 4) is 17.2 Å². The van der Waals surface area contributed by atoms with Gasteiger partial charge < -0.3 is 24.8 Å². The van der Waals surface area contributed by atoms with E-state index in [1.807, 2.05) is 37.3 Å². The first kappa shape index (κ1) is 20.0. The first-order valence-electron chi connectivity index (χ1n) is 9.85. The summed E-state index contributed by atoms with van der Waals surface area (Å²) in [6, 6.07) is 15.1. The molecule has 1 fully saturated rings. The van der Waals surface area contributed by atoms with Crippen LogP contribution in [0.25, 0.3) is 0 Å². The van der Waals surface area contributed by atoms with Gasteiger partial charge in [-0.15, -0.1) is 0 Å². The van der Waals surface area contributed by atoms with E-state index >= 15 is 0 Å². The lowest BCUT2D eigenvalue weighted by molar-refractivity contribution is 0.0930. The zero-order chi connectivity index (χ0) is 19.6. The van der Waals surface area contributed by atoms with Crippen LogP contribution < -0.4 is 24.8 Å². The highest BCUT2D eigenvalue weighted by Gasteiger charge is 2.18. The summed E-state index contributed by atoms with van der Waals surface area (Å²) < 4.78 is 17.1. The largest absolute Gasteiger partial charge is 0.490 e. The van der Waals surface area contributed by atoms with Crippen LogP contribution in [0.5, 0.6) is 17.2 Å². The molecule has 1 amide bonds. The second-order valence-electron chi connectivity index (χ2n) is 6.62. The van der Waals surface area contributed by atoms with E-state index in [4.69, 9.17) is 14.2 Å². The molecule has 0 radical (unpaired) electrons. The lowest BCUT2D eigenvalue weighted by atomic mass is 10.1. The molecule has 3 rings (SSSR count). The molecule has 1 unspecified atom stereocenters. The minimum atomic E-state index is -0.0892. The Labute approximate surface area is 166 Å². The molecular weight excluding hydrogens is 356 g/mol. The van der Waals surface area contributed by atoms with Gasteiger partial charge in [0.05, 0.1) is 6.61 Å². The Bertz CT molecular complexity index is 745. The molecule has 0 saturated carbocycles. The number of rotatable bonds is 9. The van der Waals surface area contributed by atoms with Gasteiger partial charge >= 0.3 is 0 Å². The monoisotopic (exact) mass is 384 g/mol. The Hall–Kier alpha value is -2.73. The van der Waals surface area contributed by atoms with Crippen LogP contribution in [0.4, 0.5) is 0 Å². The highest BCUT2D eigenvalue weighted by atomic mass is 16.5. The molecule has 2 aromatic carbocycles. The van der Waals surface area contributed by atoms with E-state index in [0.717, 1.165) is 31.7 Å². The van der Waals surface area contributed by atoms with Gasteiger partial charge in [0, 0.05) is 18.2 Å². The number of benzene rings is 2. The van der Waals surface area contributed by atoms with Gasteiger partial charge in [-0.2, -0.15) is 0 Å². The summed E-state index contributed by atoms with van der Waals surface area (Å²) in [4.78, 5) is 12.5. The predicted molar refractivity (Wildman–Crippen MR) is 108 cm³/mol. The second kappa shape index (κ2) is 10.6. The van der Waals surface area contributed by atoms with Crippen LogP contribution in [0, 0.1) is 0 Å². The number of hydrogen-bond donors (Lipinski definition) is 2. The predicted octanol–water partition coefficient (Wildman–Crippen LogP) is 3.02. The smallest absolute Gasteiger partial charge is 0.251 e. The maximum Gasteiger partial charge on any atom is 0.251 e. The summed E-state index contributed by atoms with van der Waals surface area (Å²) in [5, 5.41) is 6.38. The van der Waals surface area contributed by atoms with E-state index in [1.54, 1.807) is 18.2 Å². The summed E-state index contributed by atoms with van der Waals surface area (Å²) in [6.45, 7) is 5.03. The fourth-order valence-corrected chi connectivity index (χ4v) is 3.11.